The molecule has 3 rings (SSSR count). The van der Waals surface area contributed by atoms with E-state index in [9.17, 15) is 5.11 Å². The van der Waals surface area contributed by atoms with Crippen LogP contribution in [0.3, 0.4) is 0 Å². The Labute approximate surface area is 106 Å². The molecular weight excluding hydrogens is 226 g/mol. The molecule has 1 aromatic heterocycles. The first-order chi connectivity index (χ1) is 8.83. The Balaban J connectivity index is 1.66. The summed E-state index contributed by atoms with van der Waals surface area (Å²) in [6.45, 7) is 0.366. The lowest BCUT2D eigenvalue weighted by Crippen LogP contribution is -2.31. The molecule has 0 aliphatic heterocycles. The summed E-state index contributed by atoms with van der Waals surface area (Å²) >= 11 is 0. The van der Waals surface area contributed by atoms with Crippen molar-refractivity contribution in [3.8, 4) is 5.75 Å². The monoisotopic (exact) mass is 243 g/mol. The molecule has 0 bridgehead atoms. The van der Waals surface area contributed by atoms with Crippen LogP contribution < -0.4 is 4.74 Å². The highest BCUT2D eigenvalue weighted by molar-refractivity contribution is 5.79. The Hall–Kier alpha value is -1.61. The standard InChI is InChI=1S/C15H17NO2/c17-15(11-5-3-6-11)10-18-13-8-12-4-1-2-7-14(12)16-9-13/h1-2,4,7-9,11,15,17H,3,5-6,10H2. The van der Waals surface area contributed by atoms with E-state index in [0.717, 1.165) is 29.5 Å². The minimum absolute atomic E-state index is 0.342. The Kier molecular flexibility index (Phi) is 3.15. The largest absolute Gasteiger partial charge is 0.489 e. The summed E-state index contributed by atoms with van der Waals surface area (Å²) in [7, 11) is 0. The van der Waals surface area contributed by atoms with Crippen molar-refractivity contribution in [1.82, 2.24) is 4.98 Å². The van der Waals surface area contributed by atoms with Crippen LogP contribution in [0.5, 0.6) is 5.75 Å². The van der Waals surface area contributed by atoms with Crippen molar-refractivity contribution in [1.29, 1.82) is 0 Å². The molecule has 1 aliphatic rings. The SMILES string of the molecule is OC(COc1cnc2ccccc2c1)C1CCC1. The van der Waals surface area contributed by atoms with E-state index in [1.807, 2.05) is 30.3 Å². The Morgan fingerprint density at radius 3 is 2.94 bits per heavy atom. The van der Waals surface area contributed by atoms with Gasteiger partial charge in [-0.3, -0.25) is 4.98 Å². The zero-order valence-electron chi connectivity index (χ0n) is 10.2. The lowest BCUT2D eigenvalue weighted by molar-refractivity contribution is 0.0240. The van der Waals surface area contributed by atoms with Crippen LogP contribution >= 0.6 is 0 Å². The maximum atomic E-state index is 9.90. The molecule has 0 amide bonds. The van der Waals surface area contributed by atoms with Gasteiger partial charge in [-0.15, -0.1) is 0 Å². The second kappa shape index (κ2) is 4.94. The number of benzene rings is 1. The lowest BCUT2D eigenvalue weighted by Gasteiger charge is -2.29. The molecule has 18 heavy (non-hydrogen) atoms. The first-order valence-corrected chi connectivity index (χ1v) is 6.48. The van der Waals surface area contributed by atoms with Crippen LogP contribution in [0.1, 0.15) is 19.3 Å². The number of ether oxygens (including phenoxy) is 1. The summed E-state index contributed by atoms with van der Waals surface area (Å²) in [5.41, 5.74) is 0.962. The normalized spacial score (nSPS) is 17.4. The summed E-state index contributed by atoms with van der Waals surface area (Å²) in [4.78, 5) is 4.33. The fourth-order valence-corrected chi connectivity index (χ4v) is 2.27. The van der Waals surface area contributed by atoms with E-state index in [4.69, 9.17) is 4.74 Å². The Morgan fingerprint density at radius 1 is 1.33 bits per heavy atom. The molecule has 1 N–H and O–H groups in total. The van der Waals surface area contributed by atoms with Gasteiger partial charge in [0.15, 0.2) is 0 Å². The van der Waals surface area contributed by atoms with Crippen LogP contribution in [-0.2, 0) is 0 Å². The van der Waals surface area contributed by atoms with E-state index in [2.05, 4.69) is 4.98 Å². The van der Waals surface area contributed by atoms with Gasteiger partial charge in [-0.05, 0) is 30.9 Å². The highest BCUT2D eigenvalue weighted by Gasteiger charge is 2.25. The third-order valence-electron chi connectivity index (χ3n) is 3.68. The van der Waals surface area contributed by atoms with E-state index >= 15 is 0 Å². The van der Waals surface area contributed by atoms with Gasteiger partial charge in [0, 0.05) is 5.39 Å². The molecule has 1 aromatic carbocycles. The molecule has 0 radical (unpaired) electrons. The van der Waals surface area contributed by atoms with Gasteiger partial charge in [0.2, 0.25) is 0 Å². The fourth-order valence-electron chi connectivity index (χ4n) is 2.27. The molecule has 1 saturated carbocycles. The van der Waals surface area contributed by atoms with Gasteiger partial charge in [-0.25, -0.2) is 0 Å². The molecule has 1 unspecified atom stereocenters. The van der Waals surface area contributed by atoms with Gasteiger partial charge in [0.05, 0.1) is 17.8 Å². The summed E-state index contributed by atoms with van der Waals surface area (Å²) in [5, 5.41) is 11.0. The topological polar surface area (TPSA) is 42.4 Å². The van der Waals surface area contributed by atoms with Gasteiger partial charge < -0.3 is 9.84 Å². The molecular formula is C15H17NO2. The van der Waals surface area contributed by atoms with Gasteiger partial charge >= 0.3 is 0 Å². The minimum Gasteiger partial charge on any atom is -0.489 e. The number of nitrogens with zero attached hydrogens (tertiary/aromatic N) is 1. The molecule has 2 aromatic rings. The molecule has 1 atom stereocenters. The molecule has 94 valence electrons. The number of aromatic nitrogens is 1. The number of hydrogen-bond acceptors (Lipinski definition) is 3. The number of para-hydroxylation sites is 1. The van der Waals surface area contributed by atoms with E-state index in [0.29, 0.717) is 12.5 Å². The molecule has 0 spiro atoms. The summed E-state index contributed by atoms with van der Waals surface area (Å²) in [6.07, 6.45) is 4.86. The van der Waals surface area contributed by atoms with E-state index in [1.165, 1.54) is 6.42 Å². The number of rotatable bonds is 4. The van der Waals surface area contributed by atoms with Gasteiger partial charge in [0.25, 0.3) is 0 Å². The first kappa shape index (κ1) is 11.5. The fraction of sp³-hybridized carbons (Fsp3) is 0.400. The summed E-state index contributed by atoms with van der Waals surface area (Å²) < 4.78 is 5.62. The zero-order chi connectivity index (χ0) is 12.4. The maximum Gasteiger partial charge on any atom is 0.138 e. The van der Waals surface area contributed by atoms with Crippen molar-refractivity contribution in [3.05, 3.63) is 36.5 Å². The maximum absolute atomic E-state index is 9.90. The van der Waals surface area contributed by atoms with Crippen LogP contribution in [0.2, 0.25) is 0 Å². The van der Waals surface area contributed by atoms with Crippen molar-refractivity contribution >= 4 is 10.9 Å². The van der Waals surface area contributed by atoms with Crippen LogP contribution in [0.4, 0.5) is 0 Å². The van der Waals surface area contributed by atoms with E-state index < -0.39 is 0 Å². The van der Waals surface area contributed by atoms with E-state index in [-0.39, 0.29) is 6.10 Å². The van der Waals surface area contributed by atoms with Gasteiger partial charge in [-0.1, -0.05) is 24.6 Å². The second-order valence-electron chi connectivity index (χ2n) is 4.93. The zero-order valence-corrected chi connectivity index (χ0v) is 10.2. The van der Waals surface area contributed by atoms with Gasteiger partial charge in [0.1, 0.15) is 12.4 Å². The number of aliphatic hydroxyl groups excluding tert-OH is 1. The molecule has 3 nitrogen and oxygen atoms in total. The quantitative estimate of drug-likeness (QED) is 0.897. The molecule has 1 aliphatic carbocycles. The van der Waals surface area contributed by atoms with Gasteiger partial charge in [-0.2, -0.15) is 0 Å². The Morgan fingerprint density at radius 2 is 2.17 bits per heavy atom. The van der Waals surface area contributed by atoms with Crippen molar-refractivity contribution in [2.45, 2.75) is 25.4 Å². The van der Waals surface area contributed by atoms with Crippen LogP contribution in [0.25, 0.3) is 10.9 Å². The highest BCUT2D eigenvalue weighted by atomic mass is 16.5. The highest BCUT2D eigenvalue weighted by Crippen LogP contribution is 2.30. The molecule has 0 saturated heterocycles. The third-order valence-corrected chi connectivity index (χ3v) is 3.68. The summed E-state index contributed by atoms with van der Waals surface area (Å²) in [6, 6.07) is 9.91. The van der Waals surface area contributed by atoms with Crippen LogP contribution in [0, 0.1) is 5.92 Å². The smallest absolute Gasteiger partial charge is 0.138 e. The average Bonchev–Trinajstić information content (AvgIpc) is 2.34. The molecule has 3 heteroatoms. The lowest BCUT2D eigenvalue weighted by atomic mass is 9.81. The molecule has 1 heterocycles. The number of fused-ring (bicyclic) bond motifs is 1. The van der Waals surface area contributed by atoms with E-state index in [1.54, 1.807) is 6.20 Å². The second-order valence-corrected chi connectivity index (χ2v) is 4.93. The minimum atomic E-state index is -0.342. The first-order valence-electron chi connectivity index (χ1n) is 6.48. The average molecular weight is 243 g/mol. The third kappa shape index (κ3) is 2.31. The van der Waals surface area contributed by atoms with Crippen molar-refractivity contribution < 1.29 is 9.84 Å². The number of aliphatic hydroxyl groups is 1. The van der Waals surface area contributed by atoms with Crippen molar-refractivity contribution in [2.24, 2.45) is 5.92 Å². The van der Waals surface area contributed by atoms with Crippen LogP contribution in [-0.4, -0.2) is 22.8 Å². The molecule has 1 fully saturated rings. The number of hydrogen-bond donors (Lipinski definition) is 1. The Bertz CT molecular complexity index is 537. The van der Waals surface area contributed by atoms with Crippen LogP contribution in [0.15, 0.2) is 36.5 Å². The number of pyridine rings is 1. The summed E-state index contributed by atoms with van der Waals surface area (Å²) in [5.74, 6) is 1.16. The predicted molar refractivity (Wildman–Crippen MR) is 70.6 cm³/mol. The van der Waals surface area contributed by atoms with Crippen molar-refractivity contribution in [3.63, 3.8) is 0 Å². The predicted octanol–water partition coefficient (Wildman–Crippen LogP) is 2.77. The van der Waals surface area contributed by atoms with Crippen molar-refractivity contribution in [2.75, 3.05) is 6.61 Å².